The van der Waals surface area contributed by atoms with Crippen molar-refractivity contribution in [2.75, 3.05) is 49.3 Å². The number of amides is 6. The third-order valence-electron chi connectivity index (χ3n) is 13.7. The molecule has 0 fully saturated rings. The smallest absolute Gasteiger partial charge is 0.326 e. The van der Waals surface area contributed by atoms with Crippen molar-refractivity contribution in [2.24, 2.45) is 0 Å². The summed E-state index contributed by atoms with van der Waals surface area (Å²) in [4.78, 5) is 72.4. The molecule has 0 aromatic heterocycles. The van der Waals surface area contributed by atoms with Gasteiger partial charge in [0.2, 0.25) is 35.4 Å². The number of thioether (sulfide) groups is 1. The van der Waals surface area contributed by atoms with Crippen LogP contribution in [0.4, 0.5) is 34.1 Å². The van der Waals surface area contributed by atoms with Crippen molar-refractivity contribution in [3.63, 3.8) is 0 Å². The average Bonchev–Trinajstić information content (AvgIpc) is 2.63. The minimum Gasteiger partial charge on any atom is -0.326 e. The molecule has 6 aromatic carbocycles. The zero-order valence-corrected chi connectivity index (χ0v) is 59.9. The second kappa shape index (κ2) is 35.8. The van der Waals surface area contributed by atoms with Gasteiger partial charge in [-0.15, -0.1) is 54.9 Å². The van der Waals surface area contributed by atoms with Gasteiger partial charge in [-0.2, -0.15) is 8.42 Å². The minimum atomic E-state index is -4.19. The molecule has 0 saturated heterocycles. The molecular weight excluding hydrogens is 1440 g/mol. The van der Waals surface area contributed by atoms with Gasteiger partial charge in [0.1, 0.15) is 0 Å². The summed E-state index contributed by atoms with van der Waals surface area (Å²) < 4.78 is 58.9. The quantitative estimate of drug-likeness (QED) is 0.00903. The normalized spacial score (nSPS) is 13.8. The lowest BCUT2D eigenvalue weighted by Crippen LogP contribution is -2.03. The predicted octanol–water partition coefficient (Wildman–Crippen LogP) is 11.7. The number of fused-ring (bicyclic) bond motifs is 6. The van der Waals surface area contributed by atoms with Crippen LogP contribution in [0.25, 0.3) is 0 Å². The highest BCUT2D eigenvalue weighted by Gasteiger charge is 2.26. The van der Waals surface area contributed by atoms with Gasteiger partial charge in [-0.25, -0.2) is 8.42 Å². The van der Waals surface area contributed by atoms with Gasteiger partial charge >= 0.3 is 9.33 Å². The Morgan fingerprint density at radius 3 is 1.12 bits per heavy atom. The molecular formula is C57H67Cl2IN6O14P2S6. The lowest BCUT2D eigenvalue weighted by Gasteiger charge is -2.06. The van der Waals surface area contributed by atoms with E-state index in [9.17, 15) is 41.4 Å². The number of hydrogen-bond acceptors (Lipinski definition) is 16. The standard InChI is InChI=1S/C10H11NO2S.C10H11NOS.C9H8ClNO3S.2C9H9NOS.C9H9NO.CH3I.ClHO3S.H2O2.H4P2/c1-6-7-5-10(12)11-8(7)3-4-9(6)14(2)13;1-6-7-5-10(12)11-8(7)3-4-9(6)13-2;1-5-6-4-9(12)11-7(6)2-3-8(5)15(10,13)14;2*1-5-6-4-9(11)10-7(6)2-3-8(5)12;1-6-3-2-4-8-7(6)5-9(11)10-8;1-2;1-5(2,3)4;2*1-2/h3-4H,5H2,1-2H3,(H,11,12);3-4H,5H2,1-2H3,(H,11,12);2-3H,4H2,1H3,(H,11,12);2*2-3,12H,4H2,1H3,(H,10,11);2-4H,5H2,1H3,(H,10,11);1H3;(H,2,3,4);1-2H;1-2H2. The van der Waals surface area contributed by atoms with Crippen LogP contribution in [0.1, 0.15) is 66.8 Å². The lowest BCUT2D eigenvalue weighted by molar-refractivity contribution is -0.176. The molecule has 0 bridgehead atoms. The molecule has 6 heterocycles. The van der Waals surface area contributed by atoms with E-state index >= 15 is 0 Å². The Kier molecular flexibility index (Phi) is 31.5. The lowest BCUT2D eigenvalue weighted by atomic mass is 10.1. The van der Waals surface area contributed by atoms with Crippen molar-refractivity contribution in [1.82, 2.24) is 0 Å². The number of hydrogen-bond donors (Lipinski definition) is 11. The number of carbonyl (C=O) groups excluding carboxylic acids is 6. The van der Waals surface area contributed by atoms with Gasteiger partial charge in [0, 0.05) is 81.3 Å². The number of nitrogens with one attached hydrogen (secondary N) is 6. The van der Waals surface area contributed by atoms with Gasteiger partial charge in [0.25, 0.3) is 9.05 Å². The first-order chi connectivity index (χ1) is 41.3. The number of benzene rings is 6. The molecule has 12 rings (SSSR count). The SMILES string of the molecule is CI.CSc1ccc2c(c1C)CC(=O)N2.Cc1c(S(=O)(=O)Cl)ccc2c1CC(=O)N2.Cc1c(S(C)=O)ccc2c1CC(=O)N2.Cc1c(S)ccc2c1CC(=O)N2.Cc1c(S)ccc2c1CC(=O)N2.Cc1cccc2c1CC(=O)N2.O=S(=O)(O)Cl.OO.PP. The third-order valence-corrected chi connectivity index (χ3v) is 18.0. The Morgan fingerprint density at radius 2 is 0.784 bits per heavy atom. The molecule has 6 amide bonds. The van der Waals surface area contributed by atoms with Crippen LogP contribution >= 0.6 is 98.8 Å². The maximum atomic E-state index is 11.4. The molecule has 476 valence electrons. The first kappa shape index (κ1) is 77.5. The summed E-state index contributed by atoms with van der Waals surface area (Å²) in [5, 5.41) is 28.6. The number of carbonyl (C=O) groups is 6. The summed E-state index contributed by atoms with van der Waals surface area (Å²) in [6, 6.07) is 24.2. The van der Waals surface area contributed by atoms with Crippen molar-refractivity contribution in [1.29, 1.82) is 0 Å². The topological polar surface area (TPSA) is 321 Å². The Hall–Kier alpha value is -4.71. The summed E-state index contributed by atoms with van der Waals surface area (Å²) in [6.45, 7) is 11.6. The van der Waals surface area contributed by atoms with Crippen LogP contribution < -0.4 is 31.9 Å². The summed E-state index contributed by atoms with van der Waals surface area (Å²) in [5.74, 6) is 0.254. The maximum absolute atomic E-state index is 11.4. The molecule has 6 aliphatic rings. The second-order valence-electron chi connectivity index (χ2n) is 19.1. The zero-order valence-electron chi connectivity index (χ0n) is 48.9. The molecule has 3 atom stereocenters. The fourth-order valence-electron chi connectivity index (χ4n) is 9.40. The van der Waals surface area contributed by atoms with Gasteiger partial charge in [-0.3, -0.25) is 48.0 Å². The zero-order chi connectivity index (χ0) is 66.7. The van der Waals surface area contributed by atoms with Crippen LogP contribution in [0.5, 0.6) is 0 Å². The number of thiol groups is 2. The van der Waals surface area contributed by atoms with Crippen LogP contribution in [-0.2, 0) is 96.5 Å². The number of alkyl halides is 1. The summed E-state index contributed by atoms with van der Waals surface area (Å²) >= 11 is 12.4. The molecule has 6 aromatic rings. The molecule has 6 aliphatic heterocycles. The van der Waals surface area contributed by atoms with Crippen molar-refractivity contribution < 1.29 is 64.9 Å². The number of halogens is 3. The van der Waals surface area contributed by atoms with Crippen molar-refractivity contribution in [3.8, 4) is 0 Å². The van der Waals surface area contributed by atoms with Crippen LogP contribution in [0, 0.1) is 41.5 Å². The Morgan fingerprint density at radius 1 is 0.489 bits per heavy atom. The molecule has 31 heteroatoms. The number of rotatable bonds is 3. The average molecular weight is 1510 g/mol. The van der Waals surface area contributed by atoms with E-state index in [-0.39, 0.29) is 46.8 Å². The summed E-state index contributed by atoms with van der Waals surface area (Å²) in [6.07, 6.45) is 6.40. The van der Waals surface area contributed by atoms with Gasteiger partial charge < -0.3 is 31.9 Å². The largest absolute Gasteiger partial charge is 0.353 e. The van der Waals surface area contributed by atoms with Gasteiger partial charge in [0.15, 0.2) is 0 Å². The molecule has 0 spiro atoms. The van der Waals surface area contributed by atoms with E-state index in [0.717, 1.165) is 87.6 Å². The molecule has 3 unspecified atom stereocenters. The fraction of sp³-hybridized carbons (Fsp3) is 0.263. The number of aryl methyl sites for hydroxylation is 1. The molecule has 0 radical (unpaired) electrons. The van der Waals surface area contributed by atoms with Crippen molar-refractivity contribution in [2.45, 2.75) is 105 Å². The molecule has 9 N–H and O–H groups in total. The Balaban J connectivity index is 0.000000268. The van der Waals surface area contributed by atoms with Gasteiger partial charge in [-0.05, 0) is 186 Å². The minimum absolute atomic E-state index is 0.0159. The van der Waals surface area contributed by atoms with E-state index < -0.39 is 29.2 Å². The molecule has 0 aliphatic carbocycles. The molecule has 0 saturated carbocycles. The van der Waals surface area contributed by atoms with E-state index in [1.54, 1.807) is 31.0 Å². The maximum Gasteiger partial charge on any atom is 0.353 e. The monoisotopic (exact) mass is 1510 g/mol. The highest BCUT2D eigenvalue weighted by Crippen LogP contribution is 2.35. The second-order valence-corrected chi connectivity index (χ2v) is 26.8. The van der Waals surface area contributed by atoms with E-state index in [2.05, 4.69) is 128 Å². The summed E-state index contributed by atoms with van der Waals surface area (Å²) in [5.41, 5.74) is 17.7. The van der Waals surface area contributed by atoms with Crippen LogP contribution in [0.15, 0.2) is 103 Å². The predicted molar refractivity (Wildman–Crippen MR) is 375 cm³/mol. The van der Waals surface area contributed by atoms with Crippen molar-refractivity contribution in [3.05, 3.63) is 146 Å². The van der Waals surface area contributed by atoms with E-state index in [4.69, 9.17) is 34.2 Å². The van der Waals surface area contributed by atoms with Crippen molar-refractivity contribution >= 4 is 198 Å². The van der Waals surface area contributed by atoms with E-state index in [1.807, 2.05) is 93.3 Å². The highest BCUT2D eigenvalue weighted by atomic mass is 127. The van der Waals surface area contributed by atoms with Crippen LogP contribution in [0.2, 0.25) is 0 Å². The Bertz CT molecular complexity index is 3830. The van der Waals surface area contributed by atoms with Crippen LogP contribution in [-0.4, -0.2) is 89.0 Å². The van der Waals surface area contributed by atoms with Gasteiger partial charge in [0.05, 0.1) is 54.2 Å². The highest BCUT2D eigenvalue weighted by molar-refractivity contribution is 14.1. The molecule has 88 heavy (non-hydrogen) atoms. The van der Waals surface area contributed by atoms with Gasteiger partial charge in [-0.1, -0.05) is 34.7 Å². The van der Waals surface area contributed by atoms with E-state index in [1.165, 1.54) is 22.1 Å². The summed E-state index contributed by atoms with van der Waals surface area (Å²) in [7, 11) is 5.08. The first-order valence-corrected chi connectivity index (χ1v) is 38.7. The fourth-order valence-corrected chi connectivity index (χ4v) is 12.5. The Labute approximate surface area is 557 Å². The van der Waals surface area contributed by atoms with Crippen LogP contribution in [0.3, 0.4) is 0 Å². The first-order valence-electron chi connectivity index (χ1n) is 25.6. The molecule has 20 nitrogen and oxygen atoms in total. The van der Waals surface area contributed by atoms with E-state index in [0.29, 0.717) is 48.9 Å². The third kappa shape index (κ3) is 22.0. The number of anilines is 6.